The van der Waals surface area contributed by atoms with Crippen LogP contribution < -0.4 is 5.32 Å². The highest BCUT2D eigenvalue weighted by molar-refractivity contribution is 5.50. The Morgan fingerprint density at radius 2 is 2.10 bits per heavy atom. The fourth-order valence-electron chi connectivity index (χ4n) is 2.79. The summed E-state index contributed by atoms with van der Waals surface area (Å²) in [5.41, 5.74) is 0.226. The van der Waals surface area contributed by atoms with Crippen molar-refractivity contribution in [3.05, 3.63) is 29.3 Å². The van der Waals surface area contributed by atoms with Crippen LogP contribution in [0.1, 0.15) is 43.7 Å². The summed E-state index contributed by atoms with van der Waals surface area (Å²) in [6, 6.07) is 4.63. The van der Waals surface area contributed by atoms with Gasteiger partial charge in [-0.15, -0.1) is 0 Å². The highest BCUT2D eigenvalue weighted by Gasteiger charge is 2.32. The van der Waals surface area contributed by atoms with Gasteiger partial charge < -0.3 is 10.1 Å². The van der Waals surface area contributed by atoms with E-state index in [-0.39, 0.29) is 17.7 Å². The van der Waals surface area contributed by atoms with E-state index in [1.165, 1.54) is 19.1 Å². The molecule has 1 fully saturated rings. The zero-order valence-corrected chi connectivity index (χ0v) is 12.5. The van der Waals surface area contributed by atoms with Crippen LogP contribution in [0.4, 0.5) is 18.9 Å². The molecule has 2 atom stereocenters. The molecule has 1 aliphatic rings. The molecule has 0 bridgehead atoms. The predicted octanol–water partition coefficient (Wildman–Crippen LogP) is 4.77. The van der Waals surface area contributed by atoms with Crippen LogP contribution in [0.3, 0.4) is 0 Å². The van der Waals surface area contributed by atoms with Crippen LogP contribution in [0.25, 0.3) is 0 Å². The molecule has 1 aliphatic heterocycles. The van der Waals surface area contributed by atoms with Crippen molar-refractivity contribution in [1.82, 2.24) is 0 Å². The number of halogens is 3. The van der Waals surface area contributed by atoms with Gasteiger partial charge in [0.2, 0.25) is 0 Å². The number of benzene rings is 1. The van der Waals surface area contributed by atoms with Crippen LogP contribution in [0.5, 0.6) is 0 Å². The van der Waals surface area contributed by atoms with Crippen molar-refractivity contribution in [1.29, 1.82) is 0 Å². The second-order valence-corrected chi connectivity index (χ2v) is 5.67. The Bertz CT molecular complexity index is 471. The fourth-order valence-corrected chi connectivity index (χ4v) is 2.79. The lowest BCUT2D eigenvalue weighted by atomic mass is 9.99. The second kappa shape index (κ2) is 6.69. The lowest BCUT2D eigenvalue weighted by Gasteiger charge is -2.31. The summed E-state index contributed by atoms with van der Waals surface area (Å²) in [5.74, 6) is 0. The van der Waals surface area contributed by atoms with Crippen molar-refractivity contribution >= 4 is 5.69 Å². The molecule has 0 radical (unpaired) electrons. The third-order valence-corrected chi connectivity index (χ3v) is 3.89. The molecule has 2 rings (SSSR count). The molecule has 2 unspecified atom stereocenters. The van der Waals surface area contributed by atoms with Crippen LogP contribution in [0.2, 0.25) is 0 Å². The SMILES string of the molecule is CCCC1CC(Nc2ccc(C)c(C(F)(F)F)c2)CCO1. The zero-order chi connectivity index (χ0) is 15.5. The minimum atomic E-state index is -4.30. The molecular formula is C16H22F3NO. The Kier molecular flexibility index (Phi) is 5.14. The number of ether oxygens (including phenoxy) is 1. The number of rotatable bonds is 4. The molecule has 5 heteroatoms. The van der Waals surface area contributed by atoms with Crippen molar-refractivity contribution < 1.29 is 17.9 Å². The van der Waals surface area contributed by atoms with Crippen LogP contribution in [0, 0.1) is 6.92 Å². The summed E-state index contributed by atoms with van der Waals surface area (Å²) in [6.07, 6.45) is -0.352. The van der Waals surface area contributed by atoms with E-state index in [1.54, 1.807) is 6.07 Å². The molecular weight excluding hydrogens is 279 g/mol. The number of anilines is 1. The minimum Gasteiger partial charge on any atom is -0.382 e. The van der Waals surface area contributed by atoms with E-state index in [0.29, 0.717) is 12.3 Å². The van der Waals surface area contributed by atoms with Crippen molar-refractivity contribution in [2.75, 3.05) is 11.9 Å². The molecule has 1 N–H and O–H groups in total. The van der Waals surface area contributed by atoms with Gasteiger partial charge in [0.15, 0.2) is 0 Å². The van der Waals surface area contributed by atoms with E-state index in [0.717, 1.165) is 25.7 Å². The average molecular weight is 301 g/mol. The molecule has 118 valence electrons. The summed E-state index contributed by atoms with van der Waals surface area (Å²) < 4.78 is 44.4. The summed E-state index contributed by atoms with van der Waals surface area (Å²) in [4.78, 5) is 0. The van der Waals surface area contributed by atoms with Crippen molar-refractivity contribution in [2.45, 2.75) is 57.9 Å². The third kappa shape index (κ3) is 4.37. The molecule has 0 spiro atoms. The van der Waals surface area contributed by atoms with E-state index in [4.69, 9.17) is 4.74 Å². The summed E-state index contributed by atoms with van der Waals surface area (Å²) >= 11 is 0. The minimum absolute atomic E-state index is 0.180. The molecule has 1 aromatic carbocycles. The molecule has 1 saturated heterocycles. The first kappa shape index (κ1) is 16.1. The standard InChI is InChI=1S/C16H22F3NO/c1-3-4-14-9-13(7-8-21-14)20-12-6-5-11(2)15(10-12)16(17,18)19/h5-6,10,13-14,20H,3-4,7-9H2,1-2H3. The highest BCUT2D eigenvalue weighted by Crippen LogP contribution is 2.34. The van der Waals surface area contributed by atoms with E-state index < -0.39 is 11.7 Å². The Morgan fingerprint density at radius 3 is 2.76 bits per heavy atom. The highest BCUT2D eigenvalue weighted by atomic mass is 19.4. The smallest absolute Gasteiger partial charge is 0.382 e. The number of nitrogens with one attached hydrogen (secondary N) is 1. The van der Waals surface area contributed by atoms with Crippen LogP contribution in [-0.2, 0) is 10.9 Å². The molecule has 0 saturated carbocycles. The number of alkyl halides is 3. The fraction of sp³-hybridized carbons (Fsp3) is 0.625. The maximum Gasteiger partial charge on any atom is 0.416 e. The quantitative estimate of drug-likeness (QED) is 0.864. The first-order valence-corrected chi connectivity index (χ1v) is 7.46. The van der Waals surface area contributed by atoms with Gasteiger partial charge >= 0.3 is 6.18 Å². The van der Waals surface area contributed by atoms with Crippen LogP contribution >= 0.6 is 0 Å². The molecule has 0 aliphatic carbocycles. The van der Waals surface area contributed by atoms with E-state index in [1.807, 2.05) is 0 Å². The Hall–Kier alpha value is -1.23. The lowest BCUT2D eigenvalue weighted by molar-refractivity contribution is -0.138. The molecule has 0 aromatic heterocycles. The average Bonchev–Trinajstić information content (AvgIpc) is 2.40. The van der Waals surface area contributed by atoms with Gasteiger partial charge in [-0.1, -0.05) is 19.4 Å². The second-order valence-electron chi connectivity index (χ2n) is 5.67. The maximum absolute atomic E-state index is 12.9. The van der Waals surface area contributed by atoms with Crippen molar-refractivity contribution in [2.24, 2.45) is 0 Å². The van der Waals surface area contributed by atoms with Gasteiger partial charge in [0.25, 0.3) is 0 Å². The van der Waals surface area contributed by atoms with E-state index in [9.17, 15) is 13.2 Å². The maximum atomic E-state index is 12.9. The van der Waals surface area contributed by atoms with Crippen LogP contribution in [0.15, 0.2) is 18.2 Å². The van der Waals surface area contributed by atoms with Gasteiger partial charge in [0, 0.05) is 18.3 Å². The Balaban J connectivity index is 2.06. The first-order valence-electron chi connectivity index (χ1n) is 7.46. The molecule has 0 amide bonds. The van der Waals surface area contributed by atoms with Gasteiger partial charge in [-0.25, -0.2) is 0 Å². The predicted molar refractivity (Wildman–Crippen MR) is 77.5 cm³/mol. The number of hydrogen-bond acceptors (Lipinski definition) is 2. The zero-order valence-electron chi connectivity index (χ0n) is 12.5. The summed E-state index contributed by atoms with van der Waals surface area (Å²) in [5, 5.41) is 3.23. The largest absolute Gasteiger partial charge is 0.416 e. The number of aryl methyl sites for hydroxylation is 1. The molecule has 1 aromatic rings. The van der Waals surface area contributed by atoms with E-state index >= 15 is 0 Å². The van der Waals surface area contributed by atoms with Gasteiger partial charge in [-0.05, 0) is 43.9 Å². The Morgan fingerprint density at radius 1 is 1.33 bits per heavy atom. The topological polar surface area (TPSA) is 21.3 Å². The number of hydrogen-bond donors (Lipinski definition) is 1. The van der Waals surface area contributed by atoms with E-state index in [2.05, 4.69) is 12.2 Å². The van der Waals surface area contributed by atoms with Crippen molar-refractivity contribution in [3.8, 4) is 0 Å². The lowest BCUT2D eigenvalue weighted by Crippen LogP contribution is -2.34. The first-order chi connectivity index (χ1) is 9.90. The van der Waals surface area contributed by atoms with Crippen LogP contribution in [-0.4, -0.2) is 18.8 Å². The molecule has 2 nitrogen and oxygen atoms in total. The summed E-state index contributed by atoms with van der Waals surface area (Å²) in [6.45, 7) is 4.26. The Labute approximate surface area is 123 Å². The summed E-state index contributed by atoms with van der Waals surface area (Å²) in [7, 11) is 0. The third-order valence-electron chi connectivity index (χ3n) is 3.89. The van der Waals surface area contributed by atoms with Gasteiger partial charge in [0.05, 0.1) is 11.7 Å². The van der Waals surface area contributed by atoms with Crippen molar-refractivity contribution in [3.63, 3.8) is 0 Å². The molecule has 1 heterocycles. The van der Waals surface area contributed by atoms with Gasteiger partial charge in [-0.3, -0.25) is 0 Å². The van der Waals surface area contributed by atoms with Gasteiger partial charge in [-0.2, -0.15) is 13.2 Å². The monoisotopic (exact) mass is 301 g/mol. The van der Waals surface area contributed by atoms with Gasteiger partial charge in [0.1, 0.15) is 0 Å². The molecule has 21 heavy (non-hydrogen) atoms. The normalized spacial score (nSPS) is 23.1.